The number of likely N-dealkylation sites (tertiary alicyclic amines) is 1. The number of rotatable bonds is 6. The Morgan fingerprint density at radius 2 is 2.10 bits per heavy atom. The summed E-state index contributed by atoms with van der Waals surface area (Å²) in [6.07, 6.45) is 5.26. The Hall–Kier alpha value is -1.97. The molecule has 172 valence electrons. The van der Waals surface area contributed by atoms with Gasteiger partial charge in [0.2, 0.25) is 11.8 Å². The van der Waals surface area contributed by atoms with E-state index in [1.54, 1.807) is 11.1 Å². The Labute approximate surface area is 183 Å². The molecule has 1 aliphatic carbocycles. The third-order valence-electron chi connectivity index (χ3n) is 7.52. The van der Waals surface area contributed by atoms with Crippen molar-refractivity contribution >= 4 is 11.8 Å². The van der Waals surface area contributed by atoms with Crippen molar-refractivity contribution in [3.63, 3.8) is 0 Å². The number of nitrogens with one attached hydrogen (secondary N) is 1. The van der Waals surface area contributed by atoms with Gasteiger partial charge < -0.3 is 20.1 Å². The highest BCUT2D eigenvalue weighted by molar-refractivity contribution is 5.85. The van der Waals surface area contributed by atoms with Crippen molar-refractivity contribution in [1.82, 2.24) is 24.9 Å². The molecule has 1 aromatic rings. The molecule has 0 aromatic carbocycles. The molecule has 0 unspecified atom stereocenters. The summed E-state index contributed by atoms with van der Waals surface area (Å²) in [7, 11) is 0. The van der Waals surface area contributed by atoms with Crippen molar-refractivity contribution in [3.05, 3.63) is 18.0 Å². The molecule has 0 spiro atoms. The van der Waals surface area contributed by atoms with Gasteiger partial charge in [0.25, 0.3) is 0 Å². The highest BCUT2D eigenvalue weighted by Crippen LogP contribution is 2.48. The van der Waals surface area contributed by atoms with Crippen LogP contribution in [0, 0.1) is 18.3 Å². The van der Waals surface area contributed by atoms with Gasteiger partial charge in [-0.25, -0.2) is 0 Å². The summed E-state index contributed by atoms with van der Waals surface area (Å²) in [6.45, 7) is 7.10. The molecule has 2 aliphatic heterocycles. The van der Waals surface area contributed by atoms with Crippen LogP contribution in [0.2, 0.25) is 0 Å². The van der Waals surface area contributed by atoms with Gasteiger partial charge in [0, 0.05) is 50.7 Å². The minimum atomic E-state index is -0.578. The van der Waals surface area contributed by atoms with Gasteiger partial charge in [0.05, 0.1) is 25.2 Å². The lowest BCUT2D eigenvalue weighted by Gasteiger charge is -2.53. The van der Waals surface area contributed by atoms with E-state index in [0.29, 0.717) is 32.2 Å². The summed E-state index contributed by atoms with van der Waals surface area (Å²) >= 11 is 0. The lowest BCUT2D eigenvalue weighted by atomic mass is 9.61. The van der Waals surface area contributed by atoms with Crippen LogP contribution in [0.1, 0.15) is 31.4 Å². The van der Waals surface area contributed by atoms with Crippen molar-refractivity contribution in [2.45, 2.75) is 45.2 Å². The number of aromatic nitrogens is 2. The number of carbonyl (C=O) groups is 2. The van der Waals surface area contributed by atoms with Crippen LogP contribution in [-0.2, 0) is 20.9 Å². The molecular formula is C22H35N5O4. The number of aliphatic hydroxyl groups is 1. The molecule has 31 heavy (non-hydrogen) atoms. The number of aliphatic hydroxyl groups excluding tert-OH is 1. The third kappa shape index (κ3) is 4.63. The molecule has 3 fully saturated rings. The Balaban J connectivity index is 1.45. The molecule has 3 aliphatic rings. The lowest BCUT2D eigenvalue weighted by Crippen LogP contribution is -2.62. The number of hydrogen-bond donors (Lipinski definition) is 2. The summed E-state index contributed by atoms with van der Waals surface area (Å²) in [5, 5.41) is 16.8. The van der Waals surface area contributed by atoms with Gasteiger partial charge in [-0.05, 0) is 44.6 Å². The molecule has 3 heterocycles. The number of amides is 2. The zero-order valence-electron chi connectivity index (χ0n) is 18.5. The Bertz CT molecular complexity index is 778. The molecule has 0 bridgehead atoms. The monoisotopic (exact) mass is 433 g/mol. The number of fused-ring (bicyclic) bond motifs is 1. The Kier molecular flexibility index (Phi) is 6.93. The molecule has 2 amide bonds. The van der Waals surface area contributed by atoms with Crippen LogP contribution in [0.25, 0.3) is 0 Å². The number of morpholine rings is 1. The second-order valence-corrected chi connectivity index (χ2v) is 9.14. The first-order chi connectivity index (χ1) is 15.0. The molecule has 3 atom stereocenters. The fourth-order valence-corrected chi connectivity index (χ4v) is 5.68. The summed E-state index contributed by atoms with van der Waals surface area (Å²) < 4.78 is 7.39. The third-order valence-corrected chi connectivity index (χ3v) is 7.52. The van der Waals surface area contributed by atoms with Crippen molar-refractivity contribution in [2.24, 2.45) is 11.3 Å². The number of nitrogens with zero attached hydrogens (tertiary/aromatic N) is 4. The SMILES string of the molecule is Cc1ccnn1CCNC(=O)[C@@]12CC[C@H](N3CCOCC3)C[C@H]1CCN(C(=O)CO)C2. The maximum absolute atomic E-state index is 13.5. The molecule has 4 rings (SSSR count). The number of aryl methyl sites for hydroxylation is 1. The van der Waals surface area contributed by atoms with Gasteiger partial charge in [-0.1, -0.05) is 0 Å². The number of ether oxygens (including phenoxy) is 1. The van der Waals surface area contributed by atoms with Crippen molar-refractivity contribution in [2.75, 3.05) is 52.5 Å². The molecular weight excluding hydrogens is 398 g/mol. The molecule has 2 saturated heterocycles. The lowest BCUT2D eigenvalue weighted by molar-refractivity contribution is -0.152. The van der Waals surface area contributed by atoms with Crippen LogP contribution in [0.15, 0.2) is 12.3 Å². The van der Waals surface area contributed by atoms with Crippen LogP contribution in [0.5, 0.6) is 0 Å². The van der Waals surface area contributed by atoms with Crippen molar-refractivity contribution in [1.29, 1.82) is 0 Å². The van der Waals surface area contributed by atoms with E-state index in [1.165, 1.54) is 0 Å². The van der Waals surface area contributed by atoms with Crippen LogP contribution < -0.4 is 5.32 Å². The number of carbonyl (C=O) groups excluding carboxylic acids is 2. The number of piperidine rings is 1. The first-order valence-electron chi connectivity index (χ1n) is 11.5. The Morgan fingerprint density at radius 1 is 1.29 bits per heavy atom. The molecule has 1 saturated carbocycles. The van der Waals surface area contributed by atoms with Crippen molar-refractivity contribution < 1.29 is 19.4 Å². The first-order valence-corrected chi connectivity index (χ1v) is 11.5. The summed E-state index contributed by atoms with van der Waals surface area (Å²) in [5.41, 5.74) is 0.485. The predicted molar refractivity (Wildman–Crippen MR) is 114 cm³/mol. The minimum absolute atomic E-state index is 0.0400. The smallest absolute Gasteiger partial charge is 0.248 e. The second kappa shape index (κ2) is 9.67. The highest BCUT2D eigenvalue weighted by Gasteiger charge is 2.53. The number of hydrogen-bond acceptors (Lipinski definition) is 6. The van der Waals surface area contributed by atoms with Gasteiger partial charge in [0.15, 0.2) is 0 Å². The second-order valence-electron chi connectivity index (χ2n) is 9.14. The average Bonchev–Trinajstić information content (AvgIpc) is 3.22. The predicted octanol–water partition coefficient (Wildman–Crippen LogP) is 0.0196. The van der Waals surface area contributed by atoms with E-state index in [4.69, 9.17) is 4.74 Å². The molecule has 9 nitrogen and oxygen atoms in total. The molecule has 0 radical (unpaired) electrons. The van der Waals surface area contributed by atoms with E-state index in [1.807, 2.05) is 17.7 Å². The van der Waals surface area contributed by atoms with E-state index >= 15 is 0 Å². The van der Waals surface area contributed by atoms with Gasteiger partial charge in [-0.2, -0.15) is 5.10 Å². The first kappa shape index (κ1) is 22.2. The van der Waals surface area contributed by atoms with E-state index in [9.17, 15) is 14.7 Å². The van der Waals surface area contributed by atoms with E-state index in [0.717, 1.165) is 57.7 Å². The van der Waals surface area contributed by atoms with Gasteiger partial charge in [-0.3, -0.25) is 19.2 Å². The standard InChI is InChI=1S/C22H35N5O4/c1-17-3-6-24-27(17)9-7-23-21(30)22-5-2-19(25-10-12-31-13-11-25)14-18(22)4-8-26(16-22)20(29)15-28/h3,6,18-19,28H,2,4-5,7-16H2,1H3,(H,23,30)/t18-,19+,22-/m1/s1. The minimum Gasteiger partial charge on any atom is -0.387 e. The van der Waals surface area contributed by atoms with Gasteiger partial charge >= 0.3 is 0 Å². The van der Waals surface area contributed by atoms with Crippen LogP contribution in [0.3, 0.4) is 0 Å². The molecule has 9 heteroatoms. The van der Waals surface area contributed by atoms with Gasteiger partial charge in [-0.15, -0.1) is 0 Å². The fraction of sp³-hybridized carbons (Fsp3) is 0.773. The molecule has 1 aromatic heterocycles. The van der Waals surface area contributed by atoms with Crippen LogP contribution in [0.4, 0.5) is 0 Å². The Morgan fingerprint density at radius 3 is 2.81 bits per heavy atom. The summed E-state index contributed by atoms with van der Waals surface area (Å²) in [5.74, 6) is -0.00505. The quantitative estimate of drug-likeness (QED) is 0.656. The summed E-state index contributed by atoms with van der Waals surface area (Å²) in [4.78, 5) is 30.0. The fourth-order valence-electron chi connectivity index (χ4n) is 5.68. The topological polar surface area (TPSA) is 99.9 Å². The zero-order chi connectivity index (χ0) is 21.8. The van der Waals surface area contributed by atoms with Crippen LogP contribution >= 0.6 is 0 Å². The molecule has 2 N–H and O–H groups in total. The van der Waals surface area contributed by atoms with Gasteiger partial charge in [0.1, 0.15) is 6.61 Å². The maximum Gasteiger partial charge on any atom is 0.248 e. The zero-order valence-corrected chi connectivity index (χ0v) is 18.5. The average molecular weight is 434 g/mol. The van der Waals surface area contributed by atoms with E-state index in [2.05, 4.69) is 15.3 Å². The van der Waals surface area contributed by atoms with Crippen molar-refractivity contribution in [3.8, 4) is 0 Å². The van der Waals surface area contributed by atoms with Crippen LogP contribution in [-0.4, -0.2) is 95.1 Å². The normalized spacial score (nSPS) is 29.4. The van der Waals surface area contributed by atoms with E-state index < -0.39 is 12.0 Å². The van der Waals surface area contributed by atoms with E-state index in [-0.39, 0.29) is 17.7 Å². The highest BCUT2D eigenvalue weighted by atomic mass is 16.5. The summed E-state index contributed by atoms with van der Waals surface area (Å²) in [6, 6.07) is 2.42. The largest absolute Gasteiger partial charge is 0.387 e. The maximum atomic E-state index is 13.5.